The highest BCUT2D eigenvalue weighted by atomic mass is 19.3. The van der Waals surface area contributed by atoms with E-state index in [1.54, 1.807) is 27.7 Å². The van der Waals surface area contributed by atoms with Crippen molar-refractivity contribution >= 4 is 12.1 Å². The van der Waals surface area contributed by atoms with Gasteiger partial charge >= 0.3 is 12.1 Å². The van der Waals surface area contributed by atoms with E-state index in [4.69, 9.17) is 9.47 Å². The molecule has 0 aliphatic heterocycles. The molecule has 0 aromatic rings. The molecule has 0 radical (unpaired) electrons. The van der Waals surface area contributed by atoms with Crippen LogP contribution < -0.4 is 5.32 Å². The fraction of sp³-hybridized carbons (Fsp3) is 0.846. The van der Waals surface area contributed by atoms with Gasteiger partial charge in [-0.15, -0.1) is 0 Å². The largest absolute Gasteiger partial charge is 0.466 e. The molecule has 1 aliphatic rings. The van der Waals surface area contributed by atoms with Gasteiger partial charge in [0.05, 0.1) is 12.5 Å². The summed E-state index contributed by atoms with van der Waals surface area (Å²) in [6.07, 6.45) is -1.44. The quantitative estimate of drug-likeness (QED) is 0.812. The van der Waals surface area contributed by atoms with E-state index in [0.717, 1.165) is 0 Å². The Hall–Kier alpha value is -1.40. The van der Waals surface area contributed by atoms with E-state index in [9.17, 15) is 18.4 Å². The topological polar surface area (TPSA) is 64.6 Å². The second-order valence-corrected chi connectivity index (χ2v) is 5.78. The Balaban J connectivity index is 2.76. The maximum absolute atomic E-state index is 13.8. The summed E-state index contributed by atoms with van der Waals surface area (Å²) < 4.78 is 37.3. The molecule has 0 spiro atoms. The van der Waals surface area contributed by atoms with E-state index in [0.29, 0.717) is 0 Å². The number of carbonyl (C=O) groups excluding carboxylic acids is 2. The number of carbonyl (C=O) groups is 2. The van der Waals surface area contributed by atoms with Gasteiger partial charge in [-0.1, -0.05) is 0 Å². The van der Waals surface area contributed by atoms with Gasteiger partial charge in [-0.25, -0.2) is 13.6 Å². The summed E-state index contributed by atoms with van der Waals surface area (Å²) in [6.45, 7) is 6.59. The third-order valence-electron chi connectivity index (χ3n) is 2.91. The summed E-state index contributed by atoms with van der Waals surface area (Å²) in [7, 11) is 0. The fourth-order valence-electron chi connectivity index (χ4n) is 2.11. The first-order valence-electron chi connectivity index (χ1n) is 6.61. The van der Waals surface area contributed by atoms with Gasteiger partial charge in [-0.05, 0) is 34.1 Å². The maximum atomic E-state index is 13.8. The monoisotopic (exact) mass is 293 g/mol. The van der Waals surface area contributed by atoms with Crippen LogP contribution in [0, 0.1) is 5.92 Å². The number of esters is 1. The van der Waals surface area contributed by atoms with Crippen molar-refractivity contribution in [3.05, 3.63) is 0 Å². The molecule has 0 aromatic carbocycles. The Morgan fingerprint density at radius 1 is 1.35 bits per heavy atom. The van der Waals surface area contributed by atoms with Crippen LogP contribution in [-0.4, -0.2) is 36.2 Å². The predicted molar refractivity (Wildman–Crippen MR) is 67.5 cm³/mol. The van der Waals surface area contributed by atoms with Crippen LogP contribution >= 0.6 is 0 Å². The van der Waals surface area contributed by atoms with Gasteiger partial charge < -0.3 is 14.8 Å². The van der Waals surface area contributed by atoms with Crippen LogP contribution in [-0.2, 0) is 14.3 Å². The smallest absolute Gasteiger partial charge is 0.408 e. The molecular formula is C13H21F2NO4. The molecule has 0 heterocycles. The van der Waals surface area contributed by atoms with Gasteiger partial charge in [-0.2, -0.15) is 0 Å². The summed E-state index contributed by atoms with van der Waals surface area (Å²) >= 11 is 0. The van der Waals surface area contributed by atoms with Crippen molar-refractivity contribution in [2.75, 3.05) is 6.61 Å². The first kappa shape index (κ1) is 16.7. The molecule has 5 nitrogen and oxygen atoms in total. The molecule has 20 heavy (non-hydrogen) atoms. The Bertz CT molecular complexity index is 379. The van der Waals surface area contributed by atoms with Gasteiger partial charge in [0.1, 0.15) is 11.6 Å². The Kier molecular flexibility index (Phi) is 4.94. The molecule has 0 saturated heterocycles. The lowest BCUT2D eigenvalue weighted by atomic mass is 10.0. The number of hydrogen-bond acceptors (Lipinski definition) is 4. The number of halogens is 2. The molecule has 2 atom stereocenters. The highest BCUT2D eigenvalue weighted by Gasteiger charge is 2.54. The maximum Gasteiger partial charge on any atom is 0.408 e. The number of alkyl halides is 2. The molecule has 1 amide bonds. The van der Waals surface area contributed by atoms with E-state index in [1.807, 2.05) is 0 Å². The van der Waals surface area contributed by atoms with Crippen molar-refractivity contribution < 1.29 is 27.8 Å². The van der Waals surface area contributed by atoms with Crippen LogP contribution in [0.5, 0.6) is 0 Å². The van der Waals surface area contributed by atoms with Gasteiger partial charge in [0.15, 0.2) is 0 Å². The Morgan fingerprint density at radius 3 is 2.45 bits per heavy atom. The average Bonchev–Trinajstić information content (AvgIpc) is 2.52. The van der Waals surface area contributed by atoms with Crippen LogP contribution in [0.1, 0.15) is 40.5 Å². The second-order valence-electron chi connectivity index (χ2n) is 5.78. The minimum Gasteiger partial charge on any atom is -0.466 e. The molecule has 7 heteroatoms. The zero-order valence-corrected chi connectivity index (χ0v) is 12.2. The highest BCUT2D eigenvalue weighted by molar-refractivity contribution is 5.76. The Morgan fingerprint density at radius 2 is 1.95 bits per heavy atom. The minimum atomic E-state index is -3.14. The number of rotatable bonds is 3. The van der Waals surface area contributed by atoms with Gasteiger partial charge in [-0.3, -0.25) is 4.79 Å². The number of amides is 1. The normalized spacial score (nSPS) is 25.1. The number of ether oxygens (including phenoxy) is 2. The third-order valence-corrected chi connectivity index (χ3v) is 2.91. The summed E-state index contributed by atoms with van der Waals surface area (Å²) in [4.78, 5) is 23.3. The van der Waals surface area contributed by atoms with Crippen LogP contribution in [0.2, 0.25) is 0 Å². The van der Waals surface area contributed by atoms with Crippen molar-refractivity contribution in [2.24, 2.45) is 5.92 Å². The van der Waals surface area contributed by atoms with Crippen LogP contribution in [0.15, 0.2) is 0 Å². The van der Waals surface area contributed by atoms with Gasteiger partial charge in [0.25, 0.3) is 5.92 Å². The molecule has 0 aromatic heterocycles. The molecule has 1 aliphatic carbocycles. The summed E-state index contributed by atoms with van der Waals surface area (Å²) in [5.41, 5.74) is -0.794. The van der Waals surface area contributed by atoms with Gasteiger partial charge in [0, 0.05) is 6.42 Å². The van der Waals surface area contributed by atoms with Crippen molar-refractivity contribution in [3.63, 3.8) is 0 Å². The van der Waals surface area contributed by atoms with E-state index in [-0.39, 0.29) is 13.0 Å². The average molecular weight is 293 g/mol. The first-order chi connectivity index (χ1) is 9.07. The fourth-order valence-corrected chi connectivity index (χ4v) is 2.11. The molecule has 0 bridgehead atoms. The lowest BCUT2D eigenvalue weighted by Crippen LogP contribution is -2.50. The third kappa shape index (κ3) is 4.31. The molecule has 116 valence electrons. The lowest BCUT2D eigenvalue weighted by Gasteiger charge is -2.26. The molecule has 2 unspecified atom stereocenters. The van der Waals surface area contributed by atoms with E-state index < -0.39 is 42.0 Å². The van der Waals surface area contributed by atoms with Crippen molar-refractivity contribution in [1.29, 1.82) is 0 Å². The zero-order chi connectivity index (χ0) is 15.6. The van der Waals surface area contributed by atoms with Crippen molar-refractivity contribution in [1.82, 2.24) is 5.32 Å². The SMILES string of the molecule is CCOC(=O)C1CCC(F)(F)C1NC(=O)OC(C)(C)C. The van der Waals surface area contributed by atoms with Crippen LogP contribution in [0.25, 0.3) is 0 Å². The molecule has 1 rings (SSSR count). The summed E-state index contributed by atoms with van der Waals surface area (Å²) in [6, 6.07) is -1.59. The number of hydrogen-bond donors (Lipinski definition) is 1. The van der Waals surface area contributed by atoms with E-state index in [1.165, 1.54) is 0 Å². The standard InChI is InChI=1S/C13H21F2NO4/c1-5-19-10(17)8-6-7-13(14,15)9(8)16-11(18)20-12(2,3)4/h8-9H,5-7H2,1-4H3,(H,16,18). The number of alkyl carbamates (subject to hydrolysis) is 1. The van der Waals surface area contributed by atoms with Crippen LogP contribution in [0.3, 0.4) is 0 Å². The predicted octanol–water partition coefficient (Wildman–Crippen LogP) is 2.49. The number of nitrogens with one attached hydrogen (secondary N) is 1. The molecular weight excluding hydrogens is 272 g/mol. The van der Waals surface area contributed by atoms with Crippen molar-refractivity contribution in [2.45, 2.75) is 58.1 Å². The van der Waals surface area contributed by atoms with E-state index >= 15 is 0 Å². The highest BCUT2D eigenvalue weighted by Crippen LogP contribution is 2.40. The van der Waals surface area contributed by atoms with Gasteiger partial charge in [0.2, 0.25) is 0 Å². The first-order valence-corrected chi connectivity index (χ1v) is 6.61. The van der Waals surface area contributed by atoms with Crippen LogP contribution in [0.4, 0.5) is 13.6 Å². The molecule has 1 N–H and O–H groups in total. The minimum absolute atomic E-state index is 0.0215. The van der Waals surface area contributed by atoms with E-state index in [2.05, 4.69) is 5.32 Å². The summed E-state index contributed by atoms with van der Waals surface area (Å²) in [5, 5.41) is 2.10. The van der Waals surface area contributed by atoms with Crippen molar-refractivity contribution in [3.8, 4) is 0 Å². The molecule has 1 fully saturated rings. The lowest BCUT2D eigenvalue weighted by molar-refractivity contribution is -0.150. The Labute approximate surface area is 117 Å². The second kappa shape index (κ2) is 5.93. The zero-order valence-electron chi connectivity index (χ0n) is 12.2. The molecule has 1 saturated carbocycles. The summed E-state index contributed by atoms with van der Waals surface area (Å²) in [5.74, 6) is -4.91.